The van der Waals surface area contributed by atoms with E-state index < -0.39 is 5.82 Å². The molecule has 154 valence electrons. The molecule has 1 saturated carbocycles. The van der Waals surface area contributed by atoms with Gasteiger partial charge < -0.3 is 10.2 Å². The molecule has 1 N–H and O–H groups in total. The number of rotatable bonds is 4. The lowest BCUT2D eigenvalue weighted by molar-refractivity contribution is 0.0597. The van der Waals surface area contributed by atoms with Gasteiger partial charge in [0.05, 0.1) is 24.0 Å². The molecule has 3 heterocycles. The maximum absolute atomic E-state index is 14.7. The van der Waals surface area contributed by atoms with Gasteiger partial charge in [-0.15, -0.1) is 4.80 Å². The maximum atomic E-state index is 14.7. The molecule has 5 rings (SSSR count). The first kappa shape index (κ1) is 18.7. The Labute approximate surface area is 173 Å². The fraction of sp³-hybridized carbons (Fsp3) is 0.364. The topological polar surface area (TPSA) is 75.9 Å². The summed E-state index contributed by atoms with van der Waals surface area (Å²) in [7, 11) is 0. The number of hydrogen-bond donors (Lipinski definition) is 1. The van der Waals surface area contributed by atoms with E-state index in [2.05, 4.69) is 27.4 Å². The Morgan fingerprint density at radius 3 is 2.67 bits per heavy atom. The quantitative estimate of drug-likeness (QED) is 0.720. The van der Waals surface area contributed by atoms with Crippen LogP contribution in [0.25, 0.3) is 5.69 Å². The number of carbonyl (C=O) groups is 1. The van der Waals surface area contributed by atoms with E-state index in [4.69, 9.17) is 0 Å². The highest BCUT2D eigenvalue weighted by Crippen LogP contribution is 2.44. The zero-order valence-corrected chi connectivity index (χ0v) is 16.9. The van der Waals surface area contributed by atoms with E-state index in [9.17, 15) is 9.18 Å². The molecule has 2 aromatic heterocycles. The van der Waals surface area contributed by atoms with Gasteiger partial charge >= 0.3 is 0 Å². The molecule has 2 bridgehead atoms. The molecule has 1 saturated heterocycles. The highest BCUT2D eigenvalue weighted by atomic mass is 19.1. The van der Waals surface area contributed by atoms with Crippen molar-refractivity contribution in [1.82, 2.24) is 24.9 Å². The monoisotopic (exact) mass is 406 g/mol. The first-order valence-electron chi connectivity index (χ1n) is 10.2. The normalized spacial score (nSPS) is 25.0. The van der Waals surface area contributed by atoms with Gasteiger partial charge in [-0.1, -0.05) is 12.1 Å². The summed E-state index contributed by atoms with van der Waals surface area (Å²) < 4.78 is 14.7. The van der Waals surface area contributed by atoms with Crippen molar-refractivity contribution in [2.75, 3.05) is 5.32 Å². The number of anilines is 1. The molecule has 2 fully saturated rings. The average molecular weight is 406 g/mol. The van der Waals surface area contributed by atoms with Crippen molar-refractivity contribution in [1.29, 1.82) is 0 Å². The number of carbonyl (C=O) groups excluding carboxylic acids is 1. The fourth-order valence-corrected chi connectivity index (χ4v) is 4.88. The Bertz CT molecular complexity index is 1070. The molecule has 1 aliphatic carbocycles. The molecule has 4 atom stereocenters. The zero-order chi connectivity index (χ0) is 20.8. The molecule has 0 radical (unpaired) electrons. The summed E-state index contributed by atoms with van der Waals surface area (Å²) in [6.45, 7) is 4.08. The van der Waals surface area contributed by atoms with Crippen molar-refractivity contribution in [3.63, 3.8) is 0 Å². The number of nitrogens with zero attached hydrogens (tertiary/aromatic N) is 5. The SMILES string of the molecule is Cc1ccc(NC2CC3CC2N(C(=O)c2cccc(F)c2-n2nccn2)C3C)nc1. The minimum absolute atomic E-state index is 0.0299. The van der Waals surface area contributed by atoms with Gasteiger partial charge in [-0.05, 0) is 56.4 Å². The van der Waals surface area contributed by atoms with Crippen molar-refractivity contribution in [2.45, 2.75) is 44.8 Å². The summed E-state index contributed by atoms with van der Waals surface area (Å²) in [6, 6.07) is 8.74. The zero-order valence-electron chi connectivity index (χ0n) is 16.9. The molecule has 7 nitrogen and oxygen atoms in total. The van der Waals surface area contributed by atoms with Crippen LogP contribution in [0.2, 0.25) is 0 Å². The molecular weight excluding hydrogens is 383 g/mol. The molecule has 30 heavy (non-hydrogen) atoms. The average Bonchev–Trinajstić information content (AvgIpc) is 3.46. The number of likely N-dealkylation sites (tertiary alicyclic amines) is 1. The largest absolute Gasteiger partial charge is 0.365 e. The van der Waals surface area contributed by atoms with Crippen LogP contribution in [0, 0.1) is 18.7 Å². The Morgan fingerprint density at radius 2 is 1.97 bits per heavy atom. The lowest BCUT2D eigenvalue weighted by Crippen LogP contribution is -2.51. The van der Waals surface area contributed by atoms with E-state index in [1.165, 1.54) is 23.3 Å². The van der Waals surface area contributed by atoms with Crippen molar-refractivity contribution < 1.29 is 9.18 Å². The first-order chi connectivity index (χ1) is 14.5. The summed E-state index contributed by atoms with van der Waals surface area (Å²) in [5.41, 5.74) is 1.47. The van der Waals surface area contributed by atoms with E-state index in [0.717, 1.165) is 24.2 Å². The number of halogens is 1. The third-order valence-corrected chi connectivity index (χ3v) is 6.36. The first-order valence-corrected chi connectivity index (χ1v) is 10.2. The maximum Gasteiger partial charge on any atom is 0.256 e. The number of aryl methyl sites for hydroxylation is 1. The van der Waals surface area contributed by atoms with Gasteiger partial charge in [0.15, 0.2) is 5.82 Å². The second-order valence-electron chi connectivity index (χ2n) is 8.18. The second kappa shape index (κ2) is 7.19. The number of pyridine rings is 1. The highest BCUT2D eigenvalue weighted by molar-refractivity contribution is 5.98. The number of amides is 1. The van der Waals surface area contributed by atoms with Crippen LogP contribution < -0.4 is 5.32 Å². The van der Waals surface area contributed by atoms with Gasteiger partial charge in [0, 0.05) is 18.3 Å². The van der Waals surface area contributed by atoms with Crippen LogP contribution in [0.3, 0.4) is 0 Å². The molecule has 1 aromatic carbocycles. The third-order valence-electron chi connectivity index (χ3n) is 6.36. The minimum Gasteiger partial charge on any atom is -0.365 e. The molecule has 4 unspecified atom stereocenters. The molecule has 1 aliphatic heterocycles. The minimum atomic E-state index is -0.521. The Morgan fingerprint density at radius 1 is 1.17 bits per heavy atom. The van der Waals surface area contributed by atoms with Gasteiger partial charge in [0.1, 0.15) is 11.5 Å². The Kier molecular flexibility index (Phi) is 4.49. The van der Waals surface area contributed by atoms with Crippen molar-refractivity contribution in [3.8, 4) is 5.69 Å². The van der Waals surface area contributed by atoms with E-state index >= 15 is 0 Å². The van der Waals surface area contributed by atoms with Gasteiger partial charge in [-0.2, -0.15) is 10.2 Å². The Hall–Kier alpha value is -3.29. The van der Waals surface area contributed by atoms with Crippen LogP contribution in [0.15, 0.2) is 48.9 Å². The molecule has 2 aliphatic rings. The molecule has 1 amide bonds. The van der Waals surface area contributed by atoms with Crippen LogP contribution in [-0.2, 0) is 0 Å². The summed E-state index contributed by atoms with van der Waals surface area (Å²) in [5.74, 6) is 0.505. The lowest BCUT2D eigenvalue weighted by atomic mass is 9.96. The van der Waals surface area contributed by atoms with Crippen LogP contribution in [0.4, 0.5) is 10.2 Å². The predicted octanol–water partition coefficient (Wildman–Crippen LogP) is 3.21. The van der Waals surface area contributed by atoms with Crippen molar-refractivity contribution in [3.05, 3.63) is 65.9 Å². The van der Waals surface area contributed by atoms with Gasteiger partial charge in [0.2, 0.25) is 0 Å². The number of nitrogens with one attached hydrogen (secondary N) is 1. The molecule has 3 aromatic rings. The van der Waals surface area contributed by atoms with E-state index in [1.807, 2.05) is 30.2 Å². The number of piperidine rings is 1. The van der Waals surface area contributed by atoms with Crippen LogP contribution in [-0.4, -0.2) is 48.9 Å². The van der Waals surface area contributed by atoms with Crippen LogP contribution in [0.5, 0.6) is 0 Å². The van der Waals surface area contributed by atoms with Gasteiger partial charge in [-0.3, -0.25) is 4.79 Å². The van der Waals surface area contributed by atoms with Crippen LogP contribution in [0.1, 0.15) is 35.7 Å². The Balaban J connectivity index is 1.45. The van der Waals surface area contributed by atoms with Crippen molar-refractivity contribution >= 4 is 11.7 Å². The smallest absolute Gasteiger partial charge is 0.256 e. The van der Waals surface area contributed by atoms with Gasteiger partial charge in [-0.25, -0.2) is 9.37 Å². The fourth-order valence-electron chi connectivity index (χ4n) is 4.88. The molecular formula is C22H23FN6O. The number of aromatic nitrogens is 4. The standard InChI is InChI=1S/C22H23FN6O/c1-13-6-7-20(24-12-13)27-18-10-15-11-19(18)28(14(15)2)22(30)16-4-3-5-17(23)21(16)29-25-8-9-26-29/h3-9,12,14-15,18-19H,10-11H2,1-2H3,(H,24,27). The number of hydrogen-bond acceptors (Lipinski definition) is 5. The summed E-state index contributed by atoms with van der Waals surface area (Å²) in [4.78, 5) is 21.1. The van der Waals surface area contributed by atoms with Crippen LogP contribution >= 0.6 is 0 Å². The second-order valence-corrected chi connectivity index (χ2v) is 8.18. The summed E-state index contributed by atoms with van der Waals surface area (Å²) >= 11 is 0. The molecule has 8 heteroatoms. The number of benzene rings is 1. The lowest BCUT2D eigenvalue weighted by Gasteiger charge is -2.38. The third kappa shape index (κ3) is 3.03. The van der Waals surface area contributed by atoms with E-state index in [1.54, 1.807) is 12.1 Å². The van der Waals surface area contributed by atoms with E-state index in [-0.39, 0.29) is 35.3 Å². The predicted molar refractivity (Wildman–Crippen MR) is 110 cm³/mol. The van der Waals surface area contributed by atoms with Crippen molar-refractivity contribution in [2.24, 2.45) is 5.92 Å². The molecule has 0 spiro atoms. The number of para-hydroxylation sites is 1. The highest BCUT2D eigenvalue weighted by Gasteiger charge is 2.51. The van der Waals surface area contributed by atoms with E-state index in [0.29, 0.717) is 5.92 Å². The van der Waals surface area contributed by atoms with Gasteiger partial charge in [0.25, 0.3) is 5.91 Å². The summed E-state index contributed by atoms with van der Waals surface area (Å²) in [5, 5.41) is 11.6. The number of fused-ring (bicyclic) bond motifs is 2. The summed E-state index contributed by atoms with van der Waals surface area (Å²) in [6.07, 6.45) is 6.69.